The molecule has 4 heterocycles. The van der Waals surface area contributed by atoms with Gasteiger partial charge in [-0.15, -0.1) is 10.9 Å². The summed E-state index contributed by atoms with van der Waals surface area (Å²) in [6.45, 7) is 2.18. The normalized spacial score (nSPS) is 17.3. The molecule has 0 spiro atoms. The number of sulfonamides is 1. The van der Waals surface area contributed by atoms with Crippen molar-refractivity contribution in [1.29, 1.82) is 0 Å². The molecule has 0 atom stereocenters. The van der Waals surface area contributed by atoms with Crippen LogP contribution in [0.4, 0.5) is 4.39 Å². The van der Waals surface area contributed by atoms with E-state index in [0.29, 0.717) is 29.1 Å². The van der Waals surface area contributed by atoms with Crippen molar-refractivity contribution in [3.63, 3.8) is 0 Å². The fourth-order valence-electron chi connectivity index (χ4n) is 4.28. The van der Waals surface area contributed by atoms with E-state index in [1.807, 2.05) is 42.0 Å². The summed E-state index contributed by atoms with van der Waals surface area (Å²) in [6, 6.07) is 10.6. The van der Waals surface area contributed by atoms with Gasteiger partial charge in [-0.05, 0) is 50.1 Å². The molecule has 33 heavy (non-hydrogen) atoms. The van der Waals surface area contributed by atoms with Crippen molar-refractivity contribution < 1.29 is 12.8 Å². The molecule has 0 amide bonds. The van der Waals surface area contributed by atoms with E-state index in [-0.39, 0.29) is 17.6 Å². The van der Waals surface area contributed by atoms with Gasteiger partial charge in [-0.1, -0.05) is 18.2 Å². The molecule has 6 rings (SSSR count). The Morgan fingerprint density at radius 1 is 1.24 bits per heavy atom. The summed E-state index contributed by atoms with van der Waals surface area (Å²) >= 11 is 0. The van der Waals surface area contributed by atoms with Gasteiger partial charge < -0.3 is 9.88 Å². The number of pyridine rings is 1. The van der Waals surface area contributed by atoms with Crippen molar-refractivity contribution in [2.24, 2.45) is 0 Å². The SMILES string of the molecule is Cc1ccc2c(n1)c1c(n2Cc2ccccc2F)C(NS(=O)(=O)C2CC2)=S=C2NC=CC=C21. The largest absolute Gasteiger partial charge is 0.353 e. The first-order valence-corrected chi connectivity index (χ1v) is 13.1. The van der Waals surface area contributed by atoms with Crippen LogP contribution in [0.15, 0.2) is 54.8 Å². The molecule has 9 heteroatoms. The highest BCUT2D eigenvalue weighted by Crippen LogP contribution is 2.37. The molecule has 6 nitrogen and oxygen atoms in total. The molecular formula is C24H21FN4O2S2. The highest BCUT2D eigenvalue weighted by atomic mass is 32.2. The average Bonchev–Trinajstić information content (AvgIpc) is 3.60. The Hall–Kier alpha value is -3.01. The lowest BCUT2D eigenvalue weighted by Gasteiger charge is -2.22. The quantitative estimate of drug-likeness (QED) is 0.561. The van der Waals surface area contributed by atoms with Crippen LogP contribution in [0, 0.1) is 12.7 Å². The molecule has 0 bridgehead atoms. The first kappa shape index (κ1) is 20.6. The predicted octanol–water partition coefficient (Wildman–Crippen LogP) is 3.47. The van der Waals surface area contributed by atoms with Gasteiger partial charge in [0.25, 0.3) is 0 Å². The van der Waals surface area contributed by atoms with Crippen LogP contribution in [-0.4, -0.2) is 33.2 Å². The lowest BCUT2D eigenvalue weighted by Crippen LogP contribution is -2.37. The van der Waals surface area contributed by atoms with Crippen LogP contribution in [0.2, 0.25) is 0 Å². The zero-order valence-corrected chi connectivity index (χ0v) is 19.4. The molecule has 2 aliphatic heterocycles. The van der Waals surface area contributed by atoms with Crippen LogP contribution in [0.25, 0.3) is 16.6 Å². The number of nitrogens with one attached hydrogen (secondary N) is 2. The number of hydrogen-bond donors (Lipinski definition) is 2. The smallest absolute Gasteiger partial charge is 0.219 e. The minimum absolute atomic E-state index is 0.254. The molecule has 3 aromatic rings. The Kier molecular flexibility index (Phi) is 4.69. The number of aromatic nitrogens is 2. The first-order chi connectivity index (χ1) is 15.9. The summed E-state index contributed by atoms with van der Waals surface area (Å²) in [4.78, 5) is 6.18. The minimum Gasteiger partial charge on any atom is -0.353 e. The van der Waals surface area contributed by atoms with E-state index >= 15 is 0 Å². The van der Waals surface area contributed by atoms with Gasteiger partial charge in [-0.25, -0.2) is 12.8 Å². The third-order valence-corrected chi connectivity index (χ3v) is 9.05. The maximum atomic E-state index is 14.6. The van der Waals surface area contributed by atoms with Crippen molar-refractivity contribution in [3.8, 4) is 0 Å². The summed E-state index contributed by atoms with van der Waals surface area (Å²) in [5.41, 5.74) is 5.49. The Morgan fingerprint density at radius 2 is 2.06 bits per heavy atom. The second-order valence-electron chi connectivity index (χ2n) is 8.41. The van der Waals surface area contributed by atoms with Gasteiger partial charge in [0.2, 0.25) is 10.0 Å². The summed E-state index contributed by atoms with van der Waals surface area (Å²) in [5, 5.41) is 2.89. The van der Waals surface area contributed by atoms with Crippen molar-refractivity contribution >= 4 is 47.5 Å². The first-order valence-electron chi connectivity index (χ1n) is 10.7. The number of dihydropyridines is 1. The Balaban J connectivity index is 1.65. The molecule has 1 aliphatic carbocycles. The molecule has 3 aliphatic rings. The number of aryl methyl sites for hydroxylation is 1. The number of halogens is 1. The lowest BCUT2D eigenvalue weighted by atomic mass is 10.0. The van der Waals surface area contributed by atoms with Crippen LogP contribution in [-0.2, 0) is 16.6 Å². The zero-order valence-electron chi connectivity index (χ0n) is 17.8. The monoisotopic (exact) mass is 480 g/mol. The molecule has 2 aromatic heterocycles. The van der Waals surface area contributed by atoms with Gasteiger partial charge in [0.05, 0.1) is 28.5 Å². The molecule has 1 fully saturated rings. The fourth-order valence-corrected chi connectivity index (χ4v) is 7.00. The van der Waals surface area contributed by atoms with Crippen molar-refractivity contribution in [2.45, 2.75) is 31.6 Å². The number of fused-ring (bicyclic) bond motifs is 5. The fraction of sp³-hybridized carbons (Fsp3) is 0.208. The van der Waals surface area contributed by atoms with E-state index in [0.717, 1.165) is 32.9 Å². The third kappa shape index (κ3) is 3.47. The Labute approximate surface area is 194 Å². The van der Waals surface area contributed by atoms with E-state index in [2.05, 4.69) is 10.0 Å². The predicted molar refractivity (Wildman–Crippen MR) is 132 cm³/mol. The van der Waals surface area contributed by atoms with Gasteiger partial charge in [-0.2, -0.15) is 4.72 Å². The average molecular weight is 481 g/mol. The highest BCUT2D eigenvalue weighted by Gasteiger charge is 2.38. The minimum atomic E-state index is -3.50. The molecule has 0 saturated heterocycles. The molecule has 168 valence electrons. The number of nitrogens with zero attached hydrogens (tertiary/aromatic N) is 2. The van der Waals surface area contributed by atoms with Gasteiger partial charge in [0.1, 0.15) is 15.8 Å². The van der Waals surface area contributed by atoms with Gasteiger partial charge in [-0.3, -0.25) is 4.98 Å². The summed E-state index contributed by atoms with van der Waals surface area (Å²) < 4.78 is 45.3. The maximum absolute atomic E-state index is 14.6. The van der Waals surface area contributed by atoms with E-state index in [9.17, 15) is 12.8 Å². The van der Waals surface area contributed by atoms with Crippen molar-refractivity contribution in [3.05, 3.63) is 83.1 Å². The zero-order chi connectivity index (χ0) is 22.7. The number of allylic oxidation sites excluding steroid dienone is 2. The summed E-state index contributed by atoms with van der Waals surface area (Å²) in [7, 11) is -2.16. The van der Waals surface area contributed by atoms with Crippen molar-refractivity contribution in [1.82, 2.24) is 19.6 Å². The van der Waals surface area contributed by atoms with Crippen LogP contribution in [0.3, 0.4) is 0 Å². The van der Waals surface area contributed by atoms with E-state index < -0.39 is 10.0 Å². The molecule has 0 radical (unpaired) electrons. The highest BCUT2D eigenvalue weighted by molar-refractivity contribution is 8.01. The van der Waals surface area contributed by atoms with Gasteiger partial charge in [0.15, 0.2) is 0 Å². The number of rotatable bonds is 4. The van der Waals surface area contributed by atoms with Crippen LogP contribution in [0.5, 0.6) is 0 Å². The number of hydrogen-bond acceptors (Lipinski definition) is 4. The van der Waals surface area contributed by atoms with E-state index in [1.54, 1.807) is 18.2 Å². The number of benzene rings is 1. The third-order valence-electron chi connectivity index (χ3n) is 6.04. The Morgan fingerprint density at radius 3 is 2.85 bits per heavy atom. The second kappa shape index (κ2) is 7.51. The van der Waals surface area contributed by atoms with E-state index in [1.165, 1.54) is 17.0 Å². The maximum Gasteiger partial charge on any atom is 0.219 e. The van der Waals surface area contributed by atoms with Crippen LogP contribution in [0.1, 0.15) is 35.4 Å². The van der Waals surface area contributed by atoms with Crippen molar-refractivity contribution in [2.75, 3.05) is 0 Å². The summed E-state index contributed by atoms with van der Waals surface area (Å²) in [5.74, 6) is -0.300. The van der Waals surface area contributed by atoms with Crippen LogP contribution < -0.4 is 10.0 Å². The van der Waals surface area contributed by atoms with E-state index in [4.69, 9.17) is 4.98 Å². The van der Waals surface area contributed by atoms with Crippen LogP contribution >= 0.6 is 10.9 Å². The summed E-state index contributed by atoms with van der Waals surface area (Å²) in [6.07, 6.45) is 7.07. The molecule has 0 unspecified atom stereocenters. The van der Waals surface area contributed by atoms with Gasteiger partial charge >= 0.3 is 0 Å². The van der Waals surface area contributed by atoms with Gasteiger partial charge in [0, 0.05) is 28.6 Å². The molecule has 1 saturated carbocycles. The molecule has 2 N–H and O–H groups in total. The molecule has 1 aromatic carbocycles. The molecular weight excluding hydrogens is 459 g/mol. The second-order valence-corrected chi connectivity index (χ2v) is 11.4. The lowest BCUT2D eigenvalue weighted by molar-refractivity contribution is 0.591. The Bertz CT molecular complexity index is 1570. The topological polar surface area (TPSA) is 76.0 Å². The standard InChI is InChI=1S/C24H21FN4O2S2/c1-14-8-11-19-21(27-14)20-17-6-4-12-26-23(17)32-24(28-33(30,31)16-9-10-16)22(20)29(19)13-15-5-2-3-7-18(15)25/h2-8,11-12,16,26,28H,9-10,13H2,1H3.